The van der Waals surface area contributed by atoms with Crippen molar-refractivity contribution < 1.29 is 14.5 Å². The highest BCUT2D eigenvalue weighted by molar-refractivity contribution is 7.22. The van der Waals surface area contributed by atoms with E-state index in [4.69, 9.17) is 4.74 Å². The Morgan fingerprint density at radius 1 is 1.20 bits per heavy atom. The van der Waals surface area contributed by atoms with Crippen LogP contribution < -0.4 is 9.64 Å². The van der Waals surface area contributed by atoms with Crippen molar-refractivity contribution in [2.75, 3.05) is 38.7 Å². The summed E-state index contributed by atoms with van der Waals surface area (Å²) in [6.07, 6.45) is 0. The molecule has 3 rings (SSSR count). The van der Waals surface area contributed by atoms with Crippen LogP contribution in [0.1, 0.15) is 17.3 Å². The molecule has 2 aromatic carbocycles. The van der Waals surface area contributed by atoms with Gasteiger partial charge >= 0.3 is 0 Å². The SMILES string of the molecule is CCOc1ccc2nc(N(CCN(C)C)C(=O)c3ccccc3[N+](=O)[O-])sc2c1.Cl. The van der Waals surface area contributed by atoms with Gasteiger partial charge in [0.25, 0.3) is 11.6 Å². The van der Waals surface area contributed by atoms with Crippen molar-refractivity contribution in [3.63, 3.8) is 0 Å². The van der Waals surface area contributed by atoms with Crippen LogP contribution in [0.15, 0.2) is 42.5 Å². The van der Waals surface area contributed by atoms with E-state index in [-0.39, 0.29) is 23.7 Å². The Balaban J connectivity index is 0.00000320. The van der Waals surface area contributed by atoms with Gasteiger partial charge in [-0.2, -0.15) is 0 Å². The third-order valence-electron chi connectivity index (χ3n) is 4.24. The summed E-state index contributed by atoms with van der Waals surface area (Å²) in [5, 5.41) is 11.9. The van der Waals surface area contributed by atoms with Gasteiger partial charge in [-0.25, -0.2) is 4.98 Å². The first-order valence-corrected chi connectivity index (χ1v) is 9.95. The number of para-hydroxylation sites is 1. The van der Waals surface area contributed by atoms with Gasteiger partial charge < -0.3 is 9.64 Å². The van der Waals surface area contributed by atoms with Crippen LogP contribution in [-0.2, 0) is 0 Å². The second-order valence-corrected chi connectivity index (χ2v) is 7.60. The van der Waals surface area contributed by atoms with Crippen molar-refractivity contribution >= 4 is 50.7 Å². The summed E-state index contributed by atoms with van der Waals surface area (Å²) >= 11 is 1.36. The highest BCUT2D eigenvalue weighted by atomic mass is 35.5. The number of aromatic nitrogens is 1. The number of nitro benzene ring substituents is 1. The summed E-state index contributed by atoms with van der Waals surface area (Å²) in [6.45, 7) is 3.42. The fourth-order valence-corrected chi connectivity index (χ4v) is 3.83. The molecular weight excluding hydrogens is 428 g/mol. The third-order valence-corrected chi connectivity index (χ3v) is 5.28. The van der Waals surface area contributed by atoms with Crippen molar-refractivity contribution in [1.82, 2.24) is 9.88 Å². The quantitative estimate of drug-likeness (QED) is 0.377. The first kappa shape index (κ1) is 23.5. The van der Waals surface area contributed by atoms with Gasteiger partial charge in [-0.15, -0.1) is 12.4 Å². The molecule has 0 saturated carbocycles. The molecule has 0 aliphatic heterocycles. The van der Waals surface area contributed by atoms with Crippen LogP contribution in [0.5, 0.6) is 5.75 Å². The zero-order valence-electron chi connectivity index (χ0n) is 16.9. The molecule has 0 N–H and O–H groups in total. The van der Waals surface area contributed by atoms with Crippen molar-refractivity contribution in [3.05, 3.63) is 58.1 Å². The maximum atomic E-state index is 13.3. The highest BCUT2D eigenvalue weighted by Crippen LogP contribution is 2.33. The molecule has 0 saturated heterocycles. The van der Waals surface area contributed by atoms with Gasteiger partial charge in [0, 0.05) is 19.2 Å². The lowest BCUT2D eigenvalue weighted by molar-refractivity contribution is -0.385. The van der Waals surface area contributed by atoms with E-state index in [1.807, 2.05) is 44.1 Å². The zero-order chi connectivity index (χ0) is 21.0. The Labute approximate surface area is 184 Å². The molecule has 0 aliphatic carbocycles. The number of halogens is 1. The number of hydrogen-bond donors (Lipinski definition) is 0. The topological polar surface area (TPSA) is 88.8 Å². The van der Waals surface area contributed by atoms with Gasteiger partial charge in [0.2, 0.25) is 0 Å². The van der Waals surface area contributed by atoms with Crippen molar-refractivity contribution in [2.45, 2.75) is 6.92 Å². The van der Waals surface area contributed by atoms with E-state index in [0.29, 0.717) is 24.8 Å². The van der Waals surface area contributed by atoms with Crippen LogP contribution in [0, 0.1) is 10.1 Å². The molecule has 0 unspecified atom stereocenters. The van der Waals surface area contributed by atoms with Crippen molar-refractivity contribution in [1.29, 1.82) is 0 Å². The lowest BCUT2D eigenvalue weighted by atomic mass is 10.1. The average molecular weight is 451 g/mol. The van der Waals surface area contributed by atoms with Crippen LogP contribution in [-0.4, -0.2) is 54.5 Å². The number of nitro groups is 1. The Kier molecular flexibility index (Phi) is 8.10. The lowest BCUT2D eigenvalue weighted by Crippen LogP contribution is -2.37. The predicted octanol–water partition coefficient (Wildman–Crippen LogP) is 4.23. The van der Waals surface area contributed by atoms with E-state index >= 15 is 0 Å². The second-order valence-electron chi connectivity index (χ2n) is 6.59. The van der Waals surface area contributed by atoms with E-state index in [1.165, 1.54) is 28.4 Å². The summed E-state index contributed by atoms with van der Waals surface area (Å²) in [5.74, 6) is 0.295. The number of amides is 1. The van der Waals surface area contributed by atoms with Crippen LogP contribution in [0.4, 0.5) is 10.8 Å². The molecule has 0 spiro atoms. The minimum atomic E-state index is -0.538. The smallest absolute Gasteiger partial charge is 0.282 e. The number of ether oxygens (including phenoxy) is 1. The predicted molar refractivity (Wildman–Crippen MR) is 121 cm³/mol. The van der Waals surface area contributed by atoms with E-state index in [0.717, 1.165) is 16.0 Å². The summed E-state index contributed by atoms with van der Waals surface area (Å²) in [6, 6.07) is 11.6. The Morgan fingerprint density at radius 3 is 2.60 bits per heavy atom. The number of nitrogens with zero attached hydrogens (tertiary/aromatic N) is 4. The van der Waals surface area contributed by atoms with E-state index < -0.39 is 10.8 Å². The number of thiazole rings is 1. The number of hydrogen-bond acceptors (Lipinski definition) is 7. The molecule has 1 aromatic heterocycles. The first-order valence-electron chi connectivity index (χ1n) is 9.14. The van der Waals surface area contributed by atoms with Gasteiger partial charge in [-0.1, -0.05) is 23.5 Å². The van der Waals surface area contributed by atoms with Gasteiger partial charge in [0.15, 0.2) is 5.13 Å². The maximum absolute atomic E-state index is 13.3. The fraction of sp³-hybridized carbons (Fsp3) is 0.300. The summed E-state index contributed by atoms with van der Waals surface area (Å²) in [7, 11) is 3.81. The minimum Gasteiger partial charge on any atom is -0.494 e. The van der Waals surface area contributed by atoms with Crippen LogP contribution in [0.3, 0.4) is 0 Å². The van der Waals surface area contributed by atoms with Crippen molar-refractivity contribution in [3.8, 4) is 5.75 Å². The van der Waals surface area contributed by atoms with Gasteiger partial charge in [-0.3, -0.25) is 19.8 Å². The second kappa shape index (κ2) is 10.3. The normalized spacial score (nSPS) is 10.7. The molecule has 0 aliphatic rings. The Morgan fingerprint density at radius 2 is 1.93 bits per heavy atom. The fourth-order valence-electron chi connectivity index (χ4n) is 2.81. The average Bonchev–Trinajstić information content (AvgIpc) is 3.11. The molecule has 1 amide bonds. The number of anilines is 1. The zero-order valence-corrected chi connectivity index (χ0v) is 18.5. The van der Waals surface area contributed by atoms with E-state index in [2.05, 4.69) is 4.98 Å². The van der Waals surface area contributed by atoms with Crippen LogP contribution >= 0.6 is 23.7 Å². The summed E-state index contributed by atoms with van der Waals surface area (Å²) in [4.78, 5) is 32.2. The molecular formula is C20H23ClN4O4S. The van der Waals surface area contributed by atoms with Gasteiger partial charge in [0.1, 0.15) is 11.3 Å². The lowest BCUT2D eigenvalue weighted by Gasteiger charge is -2.21. The maximum Gasteiger partial charge on any atom is 0.282 e. The monoisotopic (exact) mass is 450 g/mol. The number of carbonyl (C=O) groups is 1. The molecule has 0 bridgehead atoms. The Bertz CT molecular complexity index is 1040. The molecule has 0 atom stereocenters. The molecule has 160 valence electrons. The van der Waals surface area contributed by atoms with Crippen LogP contribution in [0.25, 0.3) is 10.2 Å². The van der Waals surface area contributed by atoms with Crippen LogP contribution in [0.2, 0.25) is 0 Å². The number of benzene rings is 2. The molecule has 3 aromatic rings. The summed E-state index contributed by atoms with van der Waals surface area (Å²) < 4.78 is 6.42. The van der Waals surface area contributed by atoms with Gasteiger partial charge in [-0.05, 0) is 45.3 Å². The largest absolute Gasteiger partial charge is 0.494 e. The number of fused-ring (bicyclic) bond motifs is 1. The number of carbonyl (C=O) groups excluding carboxylic acids is 1. The van der Waals surface area contributed by atoms with Crippen molar-refractivity contribution in [2.24, 2.45) is 0 Å². The van der Waals surface area contributed by atoms with E-state index in [1.54, 1.807) is 12.1 Å². The first-order chi connectivity index (χ1) is 13.9. The molecule has 0 fully saturated rings. The number of rotatable bonds is 8. The minimum absolute atomic E-state index is 0. The Hall–Kier alpha value is -2.75. The summed E-state index contributed by atoms with van der Waals surface area (Å²) in [5.41, 5.74) is 0.580. The van der Waals surface area contributed by atoms with Gasteiger partial charge in [0.05, 0.1) is 21.7 Å². The number of likely N-dealkylation sites (N-methyl/N-ethyl adjacent to an activating group) is 1. The highest BCUT2D eigenvalue weighted by Gasteiger charge is 2.27. The molecule has 8 nitrogen and oxygen atoms in total. The molecule has 1 heterocycles. The molecule has 10 heteroatoms. The standard InChI is InChI=1S/C20H22N4O4S.ClH/c1-4-28-14-9-10-16-18(13-14)29-20(21-16)23(12-11-22(2)3)19(25)15-7-5-6-8-17(15)24(26)27;/h5-10,13H,4,11-12H2,1-3H3;1H. The van der Waals surface area contributed by atoms with E-state index in [9.17, 15) is 14.9 Å². The molecule has 30 heavy (non-hydrogen) atoms. The third kappa shape index (κ3) is 5.24. The molecule has 0 radical (unpaired) electrons.